The second-order valence-corrected chi connectivity index (χ2v) is 7.45. The molecule has 0 spiro atoms. The van der Waals surface area contributed by atoms with Crippen LogP contribution < -0.4 is 0 Å². The van der Waals surface area contributed by atoms with Crippen molar-refractivity contribution in [3.63, 3.8) is 0 Å². The van der Waals surface area contributed by atoms with E-state index < -0.39 is 23.8 Å². The molecule has 0 aromatic rings. The van der Waals surface area contributed by atoms with Crippen LogP contribution in [-0.4, -0.2) is 40.6 Å². The Kier molecular flexibility index (Phi) is 6.76. The van der Waals surface area contributed by atoms with E-state index in [0.717, 1.165) is 29.6 Å². The van der Waals surface area contributed by atoms with Crippen molar-refractivity contribution in [3.05, 3.63) is 34.9 Å². The Morgan fingerprint density at radius 2 is 1.85 bits per heavy atom. The summed E-state index contributed by atoms with van der Waals surface area (Å²) in [6.07, 6.45) is 7.54. The van der Waals surface area contributed by atoms with Gasteiger partial charge in [0, 0.05) is 19.8 Å². The highest BCUT2D eigenvalue weighted by Gasteiger charge is 2.67. The SMILES string of the molecule is CC(=O)OC1C(C)=CC(=O)C2(CC=C(C)CCC=C(C)CCC(=O)O)OC12. The number of carboxylic acids is 1. The average molecular weight is 376 g/mol. The maximum atomic E-state index is 12.4. The van der Waals surface area contributed by atoms with Gasteiger partial charge in [0.15, 0.2) is 17.5 Å². The van der Waals surface area contributed by atoms with E-state index in [1.165, 1.54) is 13.0 Å². The monoisotopic (exact) mass is 376 g/mol. The zero-order valence-corrected chi connectivity index (χ0v) is 16.4. The van der Waals surface area contributed by atoms with Crippen LogP contribution >= 0.6 is 0 Å². The fourth-order valence-corrected chi connectivity index (χ4v) is 3.33. The van der Waals surface area contributed by atoms with Gasteiger partial charge in [-0.25, -0.2) is 0 Å². The molecule has 0 aromatic heterocycles. The highest BCUT2D eigenvalue weighted by atomic mass is 16.7. The number of ether oxygens (including phenoxy) is 2. The zero-order valence-electron chi connectivity index (χ0n) is 16.4. The number of epoxide rings is 1. The molecule has 0 saturated carbocycles. The van der Waals surface area contributed by atoms with E-state index in [0.29, 0.717) is 12.8 Å². The van der Waals surface area contributed by atoms with Gasteiger partial charge in [-0.1, -0.05) is 23.3 Å². The van der Waals surface area contributed by atoms with Gasteiger partial charge in [-0.15, -0.1) is 0 Å². The Bertz CT molecular complexity index is 714. The Morgan fingerprint density at radius 1 is 1.19 bits per heavy atom. The van der Waals surface area contributed by atoms with Gasteiger partial charge in [0.25, 0.3) is 0 Å². The molecule has 0 radical (unpaired) electrons. The average Bonchev–Trinajstić information content (AvgIpc) is 3.31. The van der Waals surface area contributed by atoms with Crippen LogP contribution in [0.4, 0.5) is 0 Å². The maximum Gasteiger partial charge on any atom is 0.303 e. The van der Waals surface area contributed by atoms with E-state index in [2.05, 4.69) is 6.08 Å². The number of carbonyl (C=O) groups is 3. The predicted molar refractivity (Wildman–Crippen MR) is 100 cm³/mol. The molecule has 3 unspecified atom stereocenters. The molecule has 148 valence electrons. The Labute approximate surface area is 159 Å². The Morgan fingerprint density at radius 3 is 2.48 bits per heavy atom. The summed E-state index contributed by atoms with van der Waals surface area (Å²) in [6, 6.07) is 0. The van der Waals surface area contributed by atoms with E-state index >= 15 is 0 Å². The van der Waals surface area contributed by atoms with Crippen molar-refractivity contribution in [2.75, 3.05) is 0 Å². The number of carbonyl (C=O) groups excluding carboxylic acids is 2. The van der Waals surface area contributed by atoms with Gasteiger partial charge in [0.2, 0.25) is 0 Å². The number of hydrogen-bond donors (Lipinski definition) is 1. The van der Waals surface area contributed by atoms with E-state index in [1.54, 1.807) is 6.92 Å². The molecule has 6 nitrogen and oxygen atoms in total. The lowest BCUT2D eigenvalue weighted by Crippen LogP contribution is -2.38. The van der Waals surface area contributed by atoms with Gasteiger partial charge in [0.05, 0.1) is 0 Å². The number of hydrogen-bond acceptors (Lipinski definition) is 5. The lowest BCUT2D eigenvalue weighted by atomic mass is 9.84. The first-order valence-corrected chi connectivity index (χ1v) is 9.26. The van der Waals surface area contributed by atoms with Crippen molar-refractivity contribution in [2.45, 2.75) is 77.6 Å². The number of aliphatic carboxylic acids is 1. The van der Waals surface area contributed by atoms with Crippen molar-refractivity contribution in [1.82, 2.24) is 0 Å². The fraction of sp³-hybridized carbons (Fsp3) is 0.571. The van der Waals surface area contributed by atoms with Crippen LogP contribution in [0.15, 0.2) is 34.9 Å². The minimum Gasteiger partial charge on any atom is -0.481 e. The molecule has 1 fully saturated rings. The standard InChI is InChI=1S/C21H28O6/c1-13(8-9-18(24)25)6-5-7-14(2)10-11-21-17(23)12-15(3)19(20(21)27-21)26-16(4)22/h6,10,12,19-20H,5,7-9,11H2,1-4H3,(H,24,25). The van der Waals surface area contributed by atoms with Gasteiger partial charge in [-0.05, 0) is 51.7 Å². The minimum atomic E-state index is -0.895. The molecule has 3 atom stereocenters. The van der Waals surface area contributed by atoms with Crippen molar-refractivity contribution < 1.29 is 29.0 Å². The molecule has 2 aliphatic rings. The molecule has 0 amide bonds. The fourth-order valence-electron chi connectivity index (χ4n) is 3.33. The molecule has 6 heteroatoms. The summed E-state index contributed by atoms with van der Waals surface area (Å²) < 4.78 is 11.0. The second kappa shape index (κ2) is 8.65. The number of allylic oxidation sites excluding steroid dienone is 3. The molecule has 0 aromatic carbocycles. The highest BCUT2D eigenvalue weighted by molar-refractivity contribution is 6.02. The van der Waals surface area contributed by atoms with Crippen molar-refractivity contribution in [1.29, 1.82) is 0 Å². The molecule has 1 heterocycles. The van der Waals surface area contributed by atoms with Gasteiger partial charge in [0.1, 0.15) is 6.10 Å². The quantitative estimate of drug-likeness (QED) is 0.376. The summed E-state index contributed by atoms with van der Waals surface area (Å²) in [7, 11) is 0. The molecule has 2 rings (SSSR count). The largest absolute Gasteiger partial charge is 0.481 e. The first-order valence-electron chi connectivity index (χ1n) is 9.26. The van der Waals surface area contributed by atoms with Crippen molar-refractivity contribution >= 4 is 17.7 Å². The van der Waals surface area contributed by atoms with Crippen LogP contribution in [0.2, 0.25) is 0 Å². The molecule has 27 heavy (non-hydrogen) atoms. The molecule has 1 saturated heterocycles. The molecular formula is C21H28O6. The first kappa shape index (κ1) is 21.1. The number of carboxylic acid groups (broad SMARTS) is 1. The summed E-state index contributed by atoms with van der Waals surface area (Å²) in [5, 5.41) is 8.70. The van der Waals surface area contributed by atoms with Crippen molar-refractivity contribution in [3.8, 4) is 0 Å². The van der Waals surface area contributed by atoms with Crippen LogP contribution in [0.3, 0.4) is 0 Å². The number of esters is 1. The lowest BCUT2D eigenvalue weighted by molar-refractivity contribution is -0.145. The summed E-state index contributed by atoms with van der Waals surface area (Å²) in [6.45, 7) is 7.07. The summed E-state index contributed by atoms with van der Waals surface area (Å²) in [4.78, 5) is 34.3. The summed E-state index contributed by atoms with van der Waals surface area (Å²) in [5.74, 6) is -1.24. The number of rotatable bonds is 9. The van der Waals surface area contributed by atoms with Crippen LogP contribution in [-0.2, 0) is 23.9 Å². The van der Waals surface area contributed by atoms with Gasteiger partial charge >= 0.3 is 11.9 Å². The molecule has 0 bridgehead atoms. The topological polar surface area (TPSA) is 93.2 Å². The smallest absolute Gasteiger partial charge is 0.303 e. The molecule has 1 N–H and O–H groups in total. The van der Waals surface area contributed by atoms with Crippen LogP contribution in [0.1, 0.15) is 59.8 Å². The zero-order chi connectivity index (χ0) is 20.2. The third-order valence-electron chi connectivity index (χ3n) is 5.05. The normalized spacial score (nSPS) is 27.7. The summed E-state index contributed by atoms with van der Waals surface area (Å²) >= 11 is 0. The molecule has 1 aliphatic carbocycles. The van der Waals surface area contributed by atoms with Gasteiger partial charge in [-0.2, -0.15) is 0 Å². The van der Waals surface area contributed by atoms with E-state index in [4.69, 9.17) is 14.6 Å². The number of ketones is 1. The predicted octanol–water partition coefficient (Wildman–Crippen LogP) is 3.51. The highest BCUT2D eigenvalue weighted by Crippen LogP contribution is 2.49. The van der Waals surface area contributed by atoms with Crippen LogP contribution in [0.5, 0.6) is 0 Å². The van der Waals surface area contributed by atoms with Gasteiger partial charge in [-0.3, -0.25) is 14.4 Å². The Balaban J connectivity index is 1.90. The van der Waals surface area contributed by atoms with E-state index in [-0.39, 0.29) is 18.2 Å². The minimum absolute atomic E-state index is 0.0677. The van der Waals surface area contributed by atoms with E-state index in [1.807, 2.05) is 19.9 Å². The van der Waals surface area contributed by atoms with E-state index in [9.17, 15) is 14.4 Å². The molecular weight excluding hydrogens is 348 g/mol. The maximum absolute atomic E-state index is 12.4. The second-order valence-electron chi connectivity index (χ2n) is 7.45. The summed E-state index contributed by atoms with van der Waals surface area (Å²) in [5.41, 5.74) is 2.04. The van der Waals surface area contributed by atoms with Crippen LogP contribution in [0.25, 0.3) is 0 Å². The molecule has 1 aliphatic heterocycles. The third kappa shape index (κ3) is 5.39. The third-order valence-corrected chi connectivity index (χ3v) is 5.05. The lowest BCUT2D eigenvalue weighted by Gasteiger charge is -2.22. The Hall–Kier alpha value is -2.21. The van der Waals surface area contributed by atoms with Gasteiger partial charge < -0.3 is 14.6 Å². The number of fused-ring (bicyclic) bond motifs is 1. The van der Waals surface area contributed by atoms with Crippen LogP contribution in [0, 0.1) is 0 Å². The first-order chi connectivity index (χ1) is 12.7. The van der Waals surface area contributed by atoms with Crippen molar-refractivity contribution in [2.24, 2.45) is 0 Å².